The van der Waals surface area contributed by atoms with Crippen molar-refractivity contribution in [2.24, 2.45) is 20.3 Å². The van der Waals surface area contributed by atoms with E-state index in [0.29, 0.717) is 23.2 Å². The zero-order valence-corrected chi connectivity index (χ0v) is 32.5. The van der Waals surface area contributed by atoms with Crippen LogP contribution >= 0.6 is 0 Å². The Kier molecular flexibility index (Phi) is 15.7. The van der Waals surface area contributed by atoms with Crippen LogP contribution < -0.4 is 0 Å². The number of nitrogens with zero attached hydrogens (tertiary/aromatic N) is 6. The molecule has 0 saturated heterocycles. The topological polar surface area (TPSA) is 109 Å². The summed E-state index contributed by atoms with van der Waals surface area (Å²) in [5.41, 5.74) is 2.70. The smallest absolute Gasteiger partial charge is 0.317 e. The number of hydrogen-bond donors (Lipinski definition) is 0. The maximum Gasteiger partial charge on any atom is 0.325 e. The van der Waals surface area contributed by atoms with Crippen LogP contribution in [0.25, 0.3) is 0 Å². The van der Waals surface area contributed by atoms with E-state index in [9.17, 15) is 9.59 Å². The Balaban J connectivity index is 1.46. The van der Waals surface area contributed by atoms with E-state index in [0.717, 1.165) is 140 Å². The van der Waals surface area contributed by atoms with Gasteiger partial charge in [0.2, 0.25) is 0 Å². The van der Waals surface area contributed by atoms with E-state index < -0.39 is 0 Å². The van der Waals surface area contributed by atoms with Crippen LogP contribution in [0.4, 0.5) is 0 Å². The molecule has 1 aromatic carbocycles. The molecule has 4 fully saturated rings. The molecule has 0 spiro atoms. The number of oxime groups is 2. The van der Waals surface area contributed by atoms with Gasteiger partial charge in [0.15, 0.2) is 0 Å². The van der Waals surface area contributed by atoms with Crippen LogP contribution in [0.15, 0.2) is 44.6 Å². The van der Waals surface area contributed by atoms with Crippen molar-refractivity contribution >= 4 is 35.3 Å². The molecule has 0 aliphatic heterocycles. The minimum atomic E-state index is -0.166. The van der Waals surface area contributed by atoms with Gasteiger partial charge in [-0.15, -0.1) is 0 Å². The summed E-state index contributed by atoms with van der Waals surface area (Å²) < 4.78 is 0. The second kappa shape index (κ2) is 20.6. The molecule has 0 atom stereocenters. The quantitative estimate of drug-likeness (QED) is 0.136. The van der Waals surface area contributed by atoms with Gasteiger partial charge in [-0.3, -0.25) is 19.4 Å². The SMILES string of the molecule is CCC(C)=NOC(=NC1CCCCC1)N(C(=O)c1ccc(C(=O)N(C(=NC2CCCCC2)ON=C(C)CC)C2CCCCC2)cc1)C1CCCCC1. The molecule has 10 nitrogen and oxygen atoms in total. The van der Waals surface area contributed by atoms with Crippen molar-refractivity contribution in [1.29, 1.82) is 0 Å². The molecule has 0 radical (unpaired) electrons. The van der Waals surface area contributed by atoms with E-state index in [1.54, 1.807) is 34.1 Å². The summed E-state index contributed by atoms with van der Waals surface area (Å²) in [6, 6.07) is 7.92. The molecule has 0 bridgehead atoms. The maximum absolute atomic E-state index is 14.6. The van der Waals surface area contributed by atoms with Crippen molar-refractivity contribution in [2.75, 3.05) is 0 Å². The van der Waals surface area contributed by atoms with E-state index in [1.165, 1.54) is 12.8 Å². The number of amidine groups is 2. The highest BCUT2D eigenvalue weighted by Gasteiger charge is 2.35. The summed E-state index contributed by atoms with van der Waals surface area (Å²) in [6.07, 6.45) is 22.6. The summed E-state index contributed by atoms with van der Waals surface area (Å²) in [4.78, 5) is 55.1. The molecule has 0 unspecified atom stereocenters. The third-order valence-corrected chi connectivity index (χ3v) is 11.4. The van der Waals surface area contributed by atoms with Gasteiger partial charge in [-0.1, -0.05) is 101 Å². The molecule has 0 aromatic heterocycles. The highest BCUT2D eigenvalue weighted by atomic mass is 16.7. The fourth-order valence-corrected chi connectivity index (χ4v) is 7.89. The highest BCUT2D eigenvalue weighted by Crippen LogP contribution is 2.30. The zero-order valence-electron chi connectivity index (χ0n) is 32.5. The fraction of sp³-hybridized carbons (Fsp3) is 0.714. The lowest BCUT2D eigenvalue weighted by molar-refractivity contribution is 0.0701. The van der Waals surface area contributed by atoms with Crippen LogP contribution in [0.2, 0.25) is 0 Å². The lowest BCUT2D eigenvalue weighted by Gasteiger charge is -2.34. The van der Waals surface area contributed by atoms with Crippen molar-refractivity contribution in [3.05, 3.63) is 35.4 Å². The van der Waals surface area contributed by atoms with Crippen LogP contribution in [-0.2, 0) is 9.68 Å². The molecule has 0 N–H and O–H groups in total. The van der Waals surface area contributed by atoms with Crippen molar-refractivity contribution in [3.8, 4) is 0 Å². The van der Waals surface area contributed by atoms with Crippen molar-refractivity contribution in [1.82, 2.24) is 9.80 Å². The van der Waals surface area contributed by atoms with Crippen LogP contribution in [0.1, 0.15) is 190 Å². The highest BCUT2D eigenvalue weighted by molar-refractivity contribution is 6.07. The van der Waals surface area contributed by atoms with Crippen molar-refractivity contribution in [3.63, 3.8) is 0 Å². The summed E-state index contributed by atoms with van der Waals surface area (Å²) in [5, 5.41) is 8.80. The number of carbonyl (C=O) groups excluding carboxylic acids is 2. The van der Waals surface area contributed by atoms with E-state index in [4.69, 9.17) is 19.7 Å². The number of amides is 2. The van der Waals surface area contributed by atoms with E-state index >= 15 is 0 Å². The van der Waals surface area contributed by atoms with Gasteiger partial charge in [-0.2, -0.15) is 0 Å². The van der Waals surface area contributed by atoms with Crippen LogP contribution in [-0.4, -0.2) is 69.2 Å². The summed E-state index contributed by atoms with van der Waals surface area (Å²) in [7, 11) is 0. The normalized spacial score (nSPS) is 21.2. The molecule has 1 aromatic rings. The number of aliphatic imine (C=N–C) groups is 2. The lowest BCUT2D eigenvalue weighted by Crippen LogP contribution is -2.47. The third-order valence-electron chi connectivity index (χ3n) is 11.4. The molecule has 5 rings (SSSR count). The molecule has 4 aliphatic rings. The van der Waals surface area contributed by atoms with Crippen molar-refractivity contribution < 1.29 is 19.3 Å². The van der Waals surface area contributed by atoms with Crippen molar-refractivity contribution in [2.45, 2.75) is 193 Å². The van der Waals surface area contributed by atoms with Crippen LogP contribution in [0.5, 0.6) is 0 Å². The van der Waals surface area contributed by atoms with Gasteiger partial charge >= 0.3 is 12.0 Å². The Hall–Kier alpha value is -3.56. The third kappa shape index (κ3) is 11.2. The maximum atomic E-state index is 14.6. The fourth-order valence-electron chi connectivity index (χ4n) is 7.89. The van der Waals surface area contributed by atoms with Gasteiger partial charge in [0.05, 0.1) is 23.5 Å². The lowest BCUT2D eigenvalue weighted by atomic mass is 9.93. The van der Waals surface area contributed by atoms with Gasteiger partial charge in [0, 0.05) is 23.2 Å². The molecule has 4 aliphatic carbocycles. The number of carbonyl (C=O) groups is 2. The second-order valence-electron chi connectivity index (χ2n) is 15.5. The average Bonchev–Trinajstić information content (AvgIpc) is 3.20. The number of rotatable bonds is 10. The monoisotopic (exact) mass is 716 g/mol. The summed E-state index contributed by atoms with van der Waals surface area (Å²) >= 11 is 0. The van der Waals surface area contributed by atoms with E-state index in [-0.39, 0.29) is 36.0 Å². The molecule has 0 heterocycles. The predicted octanol–water partition coefficient (Wildman–Crippen LogP) is 10.2. The Morgan fingerprint density at radius 1 is 0.538 bits per heavy atom. The second-order valence-corrected chi connectivity index (χ2v) is 15.5. The molecule has 286 valence electrons. The summed E-state index contributed by atoms with van der Waals surface area (Å²) in [6.45, 7) is 7.95. The first-order chi connectivity index (χ1) is 25.4. The molecular weight excluding hydrogens is 652 g/mol. The first kappa shape index (κ1) is 39.6. The standard InChI is InChI=1S/C42H64N6O4/c1-5-31(3)45-51-41(43-35-19-11-7-12-20-35)47(37-23-15-9-16-24-37)39(49)33-27-29-34(30-28-33)40(50)48(38-25-17-10-18-26-38)42(52-46-32(4)6-2)44-36-21-13-8-14-22-36/h27-30,35-38H,5-26H2,1-4H3. The molecule has 2 amide bonds. The van der Waals surface area contributed by atoms with Gasteiger partial charge < -0.3 is 9.68 Å². The molecule has 10 heteroatoms. The zero-order chi connectivity index (χ0) is 36.7. The molecule has 4 saturated carbocycles. The number of benzene rings is 1. The van der Waals surface area contributed by atoms with E-state index in [2.05, 4.69) is 10.3 Å². The van der Waals surface area contributed by atoms with Gasteiger partial charge in [-0.25, -0.2) is 9.98 Å². The Bertz CT molecular complexity index is 1310. The Morgan fingerprint density at radius 2 is 0.846 bits per heavy atom. The van der Waals surface area contributed by atoms with Crippen LogP contribution in [0.3, 0.4) is 0 Å². The molecule has 52 heavy (non-hydrogen) atoms. The summed E-state index contributed by atoms with van der Waals surface area (Å²) in [5.74, 6) is -0.331. The Morgan fingerprint density at radius 3 is 1.15 bits per heavy atom. The van der Waals surface area contributed by atoms with Gasteiger partial charge in [0.1, 0.15) is 0 Å². The predicted molar refractivity (Wildman–Crippen MR) is 210 cm³/mol. The minimum absolute atomic E-state index is 0.0216. The largest absolute Gasteiger partial charge is 0.325 e. The first-order valence-corrected chi connectivity index (χ1v) is 20.7. The minimum Gasteiger partial charge on any atom is -0.317 e. The number of hydrogen-bond acceptors (Lipinski definition) is 8. The van der Waals surface area contributed by atoms with Gasteiger partial charge in [-0.05, 0) is 102 Å². The Labute approximate surface area is 312 Å². The van der Waals surface area contributed by atoms with E-state index in [1.807, 2.05) is 27.7 Å². The van der Waals surface area contributed by atoms with Gasteiger partial charge in [0.25, 0.3) is 11.8 Å². The van der Waals surface area contributed by atoms with Crippen LogP contribution in [0, 0.1) is 0 Å². The first-order valence-electron chi connectivity index (χ1n) is 20.7. The average molecular weight is 717 g/mol. The molecular formula is C42H64N6O4.